The number of nitrogens with one attached hydrogen (secondary N) is 1. The Morgan fingerprint density at radius 2 is 1.85 bits per heavy atom. The van der Waals surface area contributed by atoms with Gasteiger partial charge in [-0.15, -0.1) is 0 Å². The fraction of sp³-hybridized carbons (Fsp3) is 0.536. The first kappa shape index (κ1) is 23.2. The minimum absolute atomic E-state index is 0.0479. The summed E-state index contributed by atoms with van der Waals surface area (Å²) in [7, 11) is 0. The number of amides is 1. The SMILES string of the molecule is CC(C)Oc1ccc(-c2cc3c(cc2F)C(NC(=O)O[C@@H]2CN4CCC2CC4)C(C)(C)C3)cc1. The molecule has 3 fully saturated rings. The van der Waals surface area contributed by atoms with Gasteiger partial charge in [0.05, 0.1) is 12.1 Å². The van der Waals surface area contributed by atoms with Crippen LogP contribution >= 0.6 is 0 Å². The highest BCUT2D eigenvalue weighted by molar-refractivity contribution is 5.70. The molecule has 2 aromatic rings. The van der Waals surface area contributed by atoms with Gasteiger partial charge in [-0.25, -0.2) is 9.18 Å². The number of hydrogen-bond acceptors (Lipinski definition) is 4. The molecule has 3 saturated heterocycles. The van der Waals surface area contributed by atoms with Crippen LogP contribution in [-0.4, -0.2) is 42.8 Å². The molecule has 2 bridgehead atoms. The number of halogens is 1. The molecule has 0 spiro atoms. The Hall–Kier alpha value is -2.60. The molecule has 34 heavy (non-hydrogen) atoms. The molecular formula is C28H35FN2O3. The third kappa shape index (κ3) is 4.52. The molecule has 1 unspecified atom stereocenters. The van der Waals surface area contributed by atoms with Crippen molar-refractivity contribution in [1.82, 2.24) is 10.2 Å². The summed E-state index contributed by atoms with van der Waals surface area (Å²) in [6.45, 7) is 11.2. The summed E-state index contributed by atoms with van der Waals surface area (Å²) in [5, 5.41) is 3.08. The Balaban J connectivity index is 1.33. The highest BCUT2D eigenvalue weighted by Gasteiger charge is 2.42. The molecule has 3 aliphatic heterocycles. The van der Waals surface area contributed by atoms with Crippen molar-refractivity contribution in [3.05, 3.63) is 53.3 Å². The van der Waals surface area contributed by atoms with Gasteiger partial charge in [0.2, 0.25) is 0 Å². The van der Waals surface area contributed by atoms with Crippen molar-refractivity contribution in [2.45, 2.75) is 65.2 Å². The van der Waals surface area contributed by atoms with Crippen LogP contribution in [0.25, 0.3) is 11.1 Å². The molecule has 1 amide bonds. The Morgan fingerprint density at radius 3 is 2.47 bits per heavy atom. The fourth-order valence-electron chi connectivity index (χ4n) is 5.88. The number of rotatable bonds is 5. The lowest BCUT2D eigenvalue weighted by atomic mass is 9.85. The number of hydrogen-bond donors (Lipinski definition) is 1. The number of alkyl carbamates (subject to hydrolysis) is 1. The molecule has 0 radical (unpaired) electrons. The molecule has 1 aliphatic carbocycles. The first-order valence-corrected chi connectivity index (χ1v) is 12.5. The molecule has 4 aliphatic rings. The van der Waals surface area contributed by atoms with Crippen molar-refractivity contribution in [3.63, 3.8) is 0 Å². The van der Waals surface area contributed by atoms with E-state index in [2.05, 4.69) is 24.1 Å². The second-order valence-electron chi connectivity index (χ2n) is 11.0. The monoisotopic (exact) mass is 466 g/mol. The number of carbonyl (C=O) groups is 1. The second kappa shape index (κ2) is 8.88. The summed E-state index contributed by atoms with van der Waals surface area (Å²) < 4.78 is 26.9. The van der Waals surface area contributed by atoms with Crippen LogP contribution in [0.2, 0.25) is 0 Å². The standard InChI is InChI=1S/C28H35FN2O3/c1-17(2)33-21-7-5-18(6-8-21)22-13-20-15-28(3,4)26(23(20)14-24(22)29)30-27(32)34-25-16-31-11-9-19(25)10-12-31/h5-8,13-14,17,19,25-26H,9-12,15-16H2,1-4H3,(H,30,32)/t25-,26?/m1/s1. The van der Waals surface area contributed by atoms with Gasteiger partial charge in [0.15, 0.2) is 0 Å². The Kier molecular flexibility index (Phi) is 6.05. The summed E-state index contributed by atoms with van der Waals surface area (Å²) in [5.41, 5.74) is 3.05. The summed E-state index contributed by atoms with van der Waals surface area (Å²) in [4.78, 5) is 15.2. The first-order chi connectivity index (χ1) is 16.2. The third-order valence-electron chi connectivity index (χ3n) is 7.62. The molecule has 6 heteroatoms. The maximum atomic E-state index is 15.3. The van der Waals surface area contributed by atoms with Crippen LogP contribution in [0.1, 0.15) is 57.7 Å². The third-order valence-corrected chi connectivity index (χ3v) is 7.62. The van der Waals surface area contributed by atoms with Gasteiger partial charge in [-0.1, -0.05) is 26.0 Å². The minimum Gasteiger partial charge on any atom is -0.491 e. The zero-order valence-corrected chi connectivity index (χ0v) is 20.6. The lowest BCUT2D eigenvalue weighted by Gasteiger charge is -2.44. The normalized spacial score (nSPS) is 26.9. The molecule has 3 heterocycles. The number of piperidine rings is 3. The Labute approximate surface area is 201 Å². The van der Waals surface area contributed by atoms with Gasteiger partial charge in [-0.05, 0) is 98.5 Å². The number of benzene rings is 2. The van der Waals surface area contributed by atoms with Gasteiger partial charge in [-0.3, -0.25) is 4.90 Å². The van der Waals surface area contributed by atoms with Crippen molar-refractivity contribution >= 4 is 6.09 Å². The number of fused-ring (bicyclic) bond motifs is 4. The smallest absolute Gasteiger partial charge is 0.407 e. The van der Waals surface area contributed by atoms with Gasteiger partial charge in [0.1, 0.15) is 17.7 Å². The van der Waals surface area contributed by atoms with Crippen molar-refractivity contribution in [2.24, 2.45) is 11.3 Å². The largest absolute Gasteiger partial charge is 0.491 e. The van der Waals surface area contributed by atoms with Crippen molar-refractivity contribution in [3.8, 4) is 16.9 Å². The van der Waals surface area contributed by atoms with Gasteiger partial charge in [0, 0.05) is 12.1 Å². The Bertz CT molecular complexity index is 1060. The van der Waals surface area contributed by atoms with Crippen molar-refractivity contribution in [2.75, 3.05) is 19.6 Å². The fourth-order valence-corrected chi connectivity index (χ4v) is 5.88. The molecule has 6 rings (SSSR count). The molecule has 5 nitrogen and oxygen atoms in total. The zero-order valence-electron chi connectivity index (χ0n) is 20.6. The van der Waals surface area contributed by atoms with E-state index in [4.69, 9.17) is 9.47 Å². The van der Waals surface area contributed by atoms with Crippen LogP contribution in [-0.2, 0) is 11.2 Å². The summed E-state index contributed by atoms with van der Waals surface area (Å²) in [5.74, 6) is 0.940. The molecule has 182 valence electrons. The zero-order chi connectivity index (χ0) is 24.0. The van der Waals surface area contributed by atoms with Crippen LogP contribution in [0.5, 0.6) is 5.75 Å². The van der Waals surface area contributed by atoms with E-state index >= 15 is 4.39 Å². The number of nitrogens with zero attached hydrogens (tertiary/aromatic N) is 1. The first-order valence-electron chi connectivity index (χ1n) is 12.5. The summed E-state index contributed by atoms with van der Waals surface area (Å²) in [6, 6.07) is 10.8. The van der Waals surface area contributed by atoms with Gasteiger partial charge in [-0.2, -0.15) is 0 Å². The maximum Gasteiger partial charge on any atom is 0.407 e. The molecular weight excluding hydrogens is 431 g/mol. The van der Waals surface area contributed by atoms with E-state index in [0.29, 0.717) is 11.5 Å². The van der Waals surface area contributed by atoms with E-state index in [1.807, 2.05) is 44.2 Å². The van der Waals surface area contributed by atoms with Gasteiger partial charge in [0.25, 0.3) is 0 Å². The van der Waals surface area contributed by atoms with E-state index in [-0.39, 0.29) is 29.5 Å². The average molecular weight is 467 g/mol. The van der Waals surface area contributed by atoms with Crippen LogP contribution in [0, 0.1) is 17.2 Å². The van der Waals surface area contributed by atoms with Crippen LogP contribution in [0.15, 0.2) is 36.4 Å². The maximum absolute atomic E-state index is 15.3. The number of ether oxygens (including phenoxy) is 2. The second-order valence-corrected chi connectivity index (χ2v) is 11.0. The topological polar surface area (TPSA) is 50.8 Å². The molecule has 2 aromatic carbocycles. The highest BCUT2D eigenvalue weighted by Crippen LogP contribution is 2.47. The molecule has 0 aromatic heterocycles. The van der Waals surface area contributed by atoms with Crippen molar-refractivity contribution < 1.29 is 18.7 Å². The van der Waals surface area contributed by atoms with E-state index < -0.39 is 6.09 Å². The van der Waals surface area contributed by atoms with E-state index in [9.17, 15) is 4.79 Å². The molecule has 0 saturated carbocycles. The van der Waals surface area contributed by atoms with Crippen LogP contribution in [0.4, 0.5) is 9.18 Å². The van der Waals surface area contributed by atoms with E-state index in [0.717, 1.165) is 61.3 Å². The van der Waals surface area contributed by atoms with Gasteiger partial charge >= 0.3 is 6.09 Å². The molecule has 2 atom stereocenters. The van der Waals surface area contributed by atoms with Gasteiger partial charge < -0.3 is 14.8 Å². The summed E-state index contributed by atoms with van der Waals surface area (Å²) in [6.07, 6.45) is 2.59. The van der Waals surface area contributed by atoms with E-state index in [1.165, 1.54) is 0 Å². The quantitative estimate of drug-likeness (QED) is 0.612. The number of carbonyl (C=O) groups excluding carboxylic acids is 1. The predicted octanol–water partition coefficient (Wildman–Crippen LogP) is 5.72. The average Bonchev–Trinajstić information content (AvgIpc) is 3.03. The minimum atomic E-state index is -0.394. The van der Waals surface area contributed by atoms with Crippen LogP contribution < -0.4 is 10.1 Å². The molecule has 1 N–H and O–H groups in total. The van der Waals surface area contributed by atoms with Crippen molar-refractivity contribution in [1.29, 1.82) is 0 Å². The Morgan fingerprint density at radius 1 is 1.15 bits per heavy atom. The van der Waals surface area contributed by atoms with E-state index in [1.54, 1.807) is 6.07 Å². The lowest BCUT2D eigenvalue weighted by Crippen LogP contribution is -2.53. The predicted molar refractivity (Wildman–Crippen MR) is 130 cm³/mol. The lowest BCUT2D eigenvalue weighted by molar-refractivity contribution is -0.0349. The highest BCUT2D eigenvalue weighted by atomic mass is 19.1. The van der Waals surface area contributed by atoms with Crippen LogP contribution in [0.3, 0.4) is 0 Å². The summed E-state index contributed by atoms with van der Waals surface area (Å²) >= 11 is 0.